The second kappa shape index (κ2) is 11.6. The quantitative estimate of drug-likeness (QED) is 0.187. The van der Waals surface area contributed by atoms with Crippen LogP contribution in [0.3, 0.4) is 0 Å². The van der Waals surface area contributed by atoms with E-state index >= 15 is 4.79 Å². The van der Waals surface area contributed by atoms with Gasteiger partial charge in [0, 0.05) is 23.0 Å². The summed E-state index contributed by atoms with van der Waals surface area (Å²) in [5.74, 6) is -0.0162. The van der Waals surface area contributed by atoms with E-state index in [1.165, 1.54) is 0 Å². The maximum absolute atomic E-state index is 15.1. The number of hydrogen-bond donors (Lipinski definition) is 2. The molecule has 0 amide bonds. The minimum absolute atomic E-state index is 0.112. The zero-order chi connectivity index (χ0) is 29.0. The summed E-state index contributed by atoms with van der Waals surface area (Å²) >= 11 is 0. The predicted molar refractivity (Wildman–Crippen MR) is 159 cm³/mol. The van der Waals surface area contributed by atoms with Crippen molar-refractivity contribution in [2.75, 3.05) is 14.2 Å². The molecule has 5 rings (SSSR count). The van der Waals surface area contributed by atoms with Crippen molar-refractivity contribution in [3.8, 4) is 22.6 Å². The van der Waals surface area contributed by atoms with Crippen LogP contribution in [0.15, 0.2) is 109 Å². The van der Waals surface area contributed by atoms with Crippen molar-refractivity contribution < 1.29 is 24.2 Å². The van der Waals surface area contributed by atoms with Crippen molar-refractivity contribution in [2.24, 2.45) is 0 Å². The Morgan fingerprint density at radius 2 is 1.41 bits per heavy atom. The zero-order valence-electron chi connectivity index (χ0n) is 23.2. The molecule has 0 aliphatic carbocycles. The molecule has 1 unspecified atom stereocenters. The second-order valence-electron chi connectivity index (χ2n) is 9.88. The molecule has 0 radical (unpaired) electrons. The molecule has 2 N–H and O–H groups in total. The fourth-order valence-corrected chi connectivity index (χ4v) is 5.47. The smallest absolute Gasteiger partial charge is 0.307 e. The Hall–Kier alpha value is -5.10. The summed E-state index contributed by atoms with van der Waals surface area (Å²) in [5.41, 5.74) is 4.67. The maximum atomic E-state index is 15.1. The minimum atomic E-state index is -1.30. The largest absolute Gasteiger partial charge is 0.496 e. The van der Waals surface area contributed by atoms with E-state index in [1.807, 2.05) is 85.8 Å². The van der Waals surface area contributed by atoms with Gasteiger partial charge in [0.1, 0.15) is 16.9 Å². The fourth-order valence-electron chi connectivity index (χ4n) is 5.47. The van der Waals surface area contributed by atoms with Crippen LogP contribution in [0.4, 0.5) is 0 Å². The number of benzene rings is 4. The summed E-state index contributed by atoms with van der Waals surface area (Å²) in [4.78, 5) is 29.8. The Labute approximate surface area is 239 Å². The fraction of sp³-hybridized carbons (Fsp3) is 0.143. The number of carbonyl (C=O) groups is 2. The summed E-state index contributed by atoms with van der Waals surface area (Å²) in [5, 5.41) is 9.34. The highest BCUT2D eigenvalue weighted by Gasteiger charge is 2.45. The SMILES string of the molecule is COc1cc(C(=O)C(c2ccc(CC(=O)O)cc2)(c2cccc(-c3ccccc3)c2)c2ccc[nH]2)cc(OC)c1C. The molecule has 0 aliphatic rings. The number of methoxy groups -OCH3 is 2. The number of rotatable bonds is 10. The number of carboxylic acids is 1. The van der Waals surface area contributed by atoms with E-state index in [9.17, 15) is 9.90 Å². The molecule has 41 heavy (non-hydrogen) atoms. The Morgan fingerprint density at radius 3 is 2.00 bits per heavy atom. The lowest BCUT2D eigenvalue weighted by Crippen LogP contribution is -2.39. The number of hydrogen-bond acceptors (Lipinski definition) is 4. The molecule has 1 atom stereocenters. The summed E-state index contributed by atoms with van der Waals surface area (Å²) in [6.45, 7) is 1.88. The monoisotopic (exact) mass is 545 g/mol. The van der Waals surface area contributed by atoms with Gasteiger partial charge in [-0.2, -0.15) is 0 Å². The van der Waals surface area contributed by atoms with Gasteiger partial charge in [0.15, 0.2) is 5.78 Å². The van der Waals surface area contributed by atoms with Gasteiger partial charge in [-0.05, 0) is 65.1 Å². The first-order chi connectivity index (χ1) is 19.9. The maximum Gasteiger partial charge on any atom is 0.307 e. The molecular formula is C35H31NO5. The van der Waals surface area contributed by atoms with Gasteiger partial charge >= 0.3 is 5.97 Å². The normalized spacial score (nSPS) is 12.4. The molecule has 0 aliphatic heterocycles. The van der Waals surface area contributed by atoms with Crippen LogP contribution in [0.5, 0.6) is 11.5 Å². The lowest BCUT2D eigenvalue weighted by Gasteiger charge is -2.34. The molecular weight excluding hydrogens is 514 g/mol. The van der Waals surface area contributed by atoms with Crippen molar-refractivity contribution >= 4 is 11.8 Å². The van der Waals surface area contributed by atoms with Crippen LogP contribution in [0, 0.1) is 6.92 Å². The topological polar surface area (TPSA) is 88.6 Å². The van der Waals surface area contributed by atoms with Gasteiger partial charge in [-0.1, -0.05) is 72.8 Å². The third-order valence-corrected chi connectivity index (χ3v) is 7.50. The van der Waals surface area contributed by atoms with E-state index in [0.29, 0.717) is 33.9 Å². The Kier molecular flexibility index (Phi) is 7.74. The Balaban J connectivity index is 1.82. The number of carbonyl (C=O) groups excluding carboxylic acids is 1. The lowest BCUT2D eigenvalue weighted by atomic mass is 9.66. The molecule has 0 bridgehead atoms. The van der Waals surface area contributed by atoms with Crippen molar-refractivity contribution in [1.82, 2.24) is 4.98 Å². The van der Waals surface area contributed by atoms with Crippen molar-refractivity contribution in [3.05, 3.63) is 143 Å². The van der Waals surface area contributed by atoms with Crippen molar-refractivity contribution in [3.63, 3.8) is 0 Å². The van der Waals surface area contributed by atoms with E-state index in [1.54, 1.807) is 44.7 Å². The minimum Gasteiger partial charge on any atom is -0.496 e. The van der Waals surface area contributed by atoms with Crippen LogP contribution in [-0.2, 0) is 16.6 Å². The molecule has 0 fully saturated rings. The van der Waals surface area contributed by atoms with Gasteiger partial charge in [0.05, 0.1) is 20.6 Å². The van der Waals surface area contributed by atoms with Crippen LogP contribution in [0.2, 0.25) is 0 Å². The van der Waals surface area contributed by atoms with E-state index in [-0.39, 0.29) is 12.2 Å². The van der Waals surface area contributed by atoms with Crippen LogP contribution >= 0.6 is 0 Å². The number of carboxylic acid groups (broad SMARTS) is 1. The van der Waals surface area contributed by atoms with Gasteiger partial charge < -0.3 is 19.6 Å². The first-order valence-electron chi connectivity index (χ1n) is 13.3. The van der Waals surface area contributed by atoms with E-state index < -0.39 is 11.4 Å². The molecule has 4 aromatic carbocycles. The van der Waals surface area contributed by atoms with Crippen LogP contribution < -0.4 is 9.47 Å². The standard InChI is InChI=1S/C35H31NO5/c1-23-30(40-2)21-27(22-31(23)41-3)34(39)35(32-13-8-18-36-32,28-16-14-24(15-17-28)19-33(37)38)29-12-7-11-26(20-29)25-9-5-4-6-10-25/h4-18,20-22,36H,19H2,1-3H3,(H,37,38). The van der Waals surface area contributed by atoms with Gasteiger partial charge in [0.2, 0.25) is 0 Å². The molecule has 6 heteroatoms. The Bertz CT molecular complexity index is 1650. The Morgan fingerprint density at radius 1 is 0.756 bits per heavy atom. The number of Topliss-reactive ketones (excluding diaryl/α,β-unsaturated/α-hetero) is 1. The highest BCUT2D eigenvalue weighted by Crippen LogP contribution is 2.44. The summed E-state index contributed by atoms with van der Waals surface area (Å²) < 4.78 is 11.3. The number of ketones is 1. The van der Waals surface area contributed by atoms with Crippen LogP contribution in [0.25, 0.3) is 11.1 Å². The zero-order valence-corrected chi connectivity index (χ0v) is 23.2. The van der Waals surface area contributed by atoms with Crippen LogP contribution in [0.1, 0.15) is 38.3 Å². The average molecular weight is 546 g/mol. The summed E-state index contributed by atoms with van der Waals surface area (Å²) in [7, 11) is 3.14. The molecule has 6 nitrogen and oxygen atoms in total. The van der Waals surface area contributed by atoms with Gasteiger partial charge in [-0.15, -0.1) is 0 Å². The van der Waals surface area contributed by atoms with Gasteiger partial charge in [-0.3, -0.25) is 9.59 Å². The number of nitrogens with one attached hydrogen (secondary N) is 1. The number of aromatic nitrogens is 1. The molecule has 0 saturated carbocycles. The third-order valence-electron chi connectivity index (χ3n) is 7.50. The molecule has 206 valence electrons. The highest BCUT2D eigenvalue weighted by molar-refractivity contribution is 6.09. The first kappa shape index (κ1) is 27.5. The number of aliphatic carboxylic acids is 1. The van der Waals surface area contributed by atoms with E-state index in [0.717, 1.165) is 22.3 Å². The third kappa shape index (κ3) is 5.12. The lowest BCUT2D eigenvalue weighted by molar-refractivity contribution is -0.136. The molecule has 0 spiro atoms. The van der Waals surface area contributed by atoms with Gasteiger partial charge in [-0.25, -0.2) is 0 Å². The van der Waals surface area contributed by atoms with E-state index in [4.69, 9.17) is 9.47 Å². The molecule has 0 saturated heterocycles. The first-order valence-corrected chi connectivity index (χ1v) is 13.3. The predicted octanol–water partition coefficient (Wildman–Crippen LogP) is 6.85. The second-order valence-corrected chi connectivity index (χ2v) is 9.88. The number of ether oxygens (including phenoxy) is 2. The van der Waals surface area contributed by atoms with Crippen LogP contribution in [-0.4, -0.2) is 36.1 Å². The average Bonchev–Trinajstić information content (AvgIpc) is 3.54. The van der Waals surface area contributed by atoms with Gasteiger partial charge in [0.25, 0.3) is 0 Å². The highest BCUT2D eigenvalue weighted by atomic mass is 16.5. The summed E-state index contributed by atoms with van der Waals surface area (Å²) in [6, 6.07) is 32.5. The molecule has 1 heterocycles. The molecule has 5 aromatic rings. The van der Waals surface area contributed by atoms with Crippen molar-refractivity contribution in [2.45, 2.75) is 18.8 Å². The number of aromatic amines is 1. The van der Waals surface area contributed by atoms with E-state index in [2.05, 4.69) is 4.98 Å². The summed E-state index contributed by atoms with van der Waals surface area (Å²) in [6.07, 6.45) is 1.69. The molecule has 1 aromatic heterocycles. The van der Waals surface area contributed by atoms with Crippen molar-refractivity contribution in [1.29, 1.82) is 0 Å². The number of H-pyrrole nitrogens is 1.